The first-order chi connectivity index (χ1) is 3.27. The molecule has 1 unspecified atom stereocenters. The fourth-order valence-electron chi connectivity index (χ4n) is 0.134. The van der Waals surface area contributed by atoms with Crippen molar-refractivity contribution in [1.29, 1.82) is 0 Å². The minimum atomic E-state index is -0.122. The molecule has 0 bridgehead atoms. The lowest BCUT2D eigenvalue weighted by atomic mass is 10.6. The summed E-state index contributed by atoms with van der Waals surface area (Å²) in [5, 5.41) is 10.4. The zero-order chi connectivity index (χ0) is 5.70. The molecule has 0 heterocycles. The number of amides is 1. The molecule has 0 aliphatic carbocycles. The van der Waals surface area contributed by atoms with Crippen molar-refractivity contribution < 1.29 is 9.82 Å². The maximum atomic E-state index is 9.97. The van der Waals surface area contributed by atoms with Gasteiger partial charge in [0.25, 0.3) is 0 Å². The van der Waals surface area contributed by atoms with Gasteiger partial charge in [0.15, 0.2) is 0 Å². The second-order valence-electron chi connectivity index (χ2n) is 0.955. The molecule has 0 aromatic rings. The molecule has 0 aromatic heterocycles. The van der Waals surface area contributed by atoms with Gasteiger partial charge in [-0.1, -0.05) is 0 Å². The Balaban J connectivity index is 2.82. The molecule has 0 aliphatic rings. The molecule has 0 spiro atoms. The molecule has 2 N–H and O–H groups in total. The van der Waals surface area contributed by atoms with E-state index in [1.165, 1.54) is 6.92 Å². The van der Waals surface area contributed by atoms with Crippen LogP contribution < -0.4 is 5.09 Å². The van der Waals surface area contributed by atoms with E-state index in [-0.39, 0.29) is 14.5 Å². The average Bonchev–Trinajstić information content (AvgIpc) is 1.61. The van der Waals surface area contributed by atoms with Crippen molar-refractivity contribution in [2.45, 2.75) is 6.92 Å². The molecule has 39 valence electrons. The summed E-state index contributed by atoms with van der Waals surface area (Å²) in [7, 11) is 0.944. The van der Waals surface area contributed by atoms with Crippen LogP contribution in [0.2, 0.25) is 0 Å². The molecule has 0 fully saturated rings. The van der Waals surface area contributed by atoms with Gasteiger partial charge in [-0.15, -0.1) is 0 Å². The molecular weight excluding hydrogens is 112 g/mol. The third kappa shape index (κ3) is 5.92. The van der Waals surface area contributed by atoms with Crippen LogP contribution in [0.4, 0.5) is 0 Å². The smallest absolute Gasteiger partial charge is 0.341 e. The van der Waals surface area contributed by atoms with Crippen LogP contribution in [0.1, 0.15) is 6.92 Å². The van der Waals surface area contributed by atoms with Crippen molar-refractivity contribution in [2.75, 3.05) is 0 Å². The van der Waals surface area contributed by atoms with Gasteiger partial charge in [0, 0.05) is 6.92 Å². The summed E-state index contributed by atoms with van der Waals surface area (Å²) in [6, 6.07) is 0. The number of hydrogen-bond donors (Lipinski definition) is 2. The van der Waals surface area contributed by atoms with Crippen molar-refractivity contribution >= 4 is 21.7 Å². The van der Waals surface area contributed by atoms with Gasteiger partial charge in [-0.3, -0.25) is 4.79 Å². The average molecular weight is 118 g/mol. The summed E-state index contributed by atoms with van der Waals surface area (Å²) in [6.45, 7) is 1.40. The lowest BCUT2D eigenvalue weighted by molar-refractivity contribution is -0.117. The maximum absolute atomic E-state index is 9.97. The van der Waals surface area contributed by atoms with E-state index < -0.39 is 0 Å². The number of carbonyl (C=O) groups excluding carboxylic acids is 1. The molecule has 7 heavy (non-hydrogen) atoms. The summed E-state index contributed by atoms with van der Waals surface area (Å²) in [6.07, 6.45) is 0. The molecule has 1 atom stereocenters. The lowest BCUT2D eigenvalue weighted by Crippen LogP contribution is -2.09. The predicted octanol–water partition coefficient (Wildman–Crippen LogP) is -0.758. The third-order valence-electron chi connectivity index (χ3n) is 0.313. The largest absolute Gasteiger partial charge is 0.449 e. The Hall–Kier alpha value is -0.0751. The molecule has 0 saturated carbocycles. The normalized spacial score (nSPS) is 9.43. The second kappa shape index (κ2) is 4.09. The predicted molar refractivity (Wildman–Crippen MR) is 30.1 cm³/mol. The monoisotopic (exact) mass is 118 g/mol. The van der Waals surface area contributed by atoms with E-state index in [0.717, 1.165) is 7.20 Å². The first kappa shape index (κ1) is 6.92. The standard InChI is InChI=1S/C2H6BNO2P/c1-2(5)4-7-3-6/h6-7H,1H3,(H,4,5). The molecule has 3 nitrogen and oxygen atoms in total. The topological polar surface area (TPSA) is 49.3 Å². The molecule has 0 aliphatic heterocycles. The van der Waals surface area contributed by atoms with Crippen molar-refractivity contribution in [3.63, 3.8) is 0 Å². The number of nitrogens with one attached hydrogen (secondary N) is 1. The van der Waals surface area contributed by atoms with Crippen LogP contribution >= 0.6 is 8.61 Å². The van der Waals surface area contributed by atoms with Crippen LogP contribution in [0.25, 0.3) is 0 Å². The van der Waals surface area contributed by atoms with E-state index in [1.54, 1.807) is 0 Å². The van der Waals surface area contributed by atoms with Crippen LogP contribution in [0.15, 0.2) is 0 Å². The highest BCUT2D eigenvalue weighted by molar-refractivity contribution is 7.68. The summed E-state index contributed by atoms with van der Waals surface area (Å²) in [5.74, 6) is -0.122. The van der Waals surface area contributed by atoms with Gasteiger partial charge in [-0.2, -0.15) is 0 Å². The van der Waals surface area contributed by atoms with Crippen molar-refractivity contribution in [3.8, 4) is 0 Å². The molecule has 0 saturated heterocycles. The SMILES string of the molecule is CC(=O)NP[B]O. The van der Waals surface area contributed by atoms with Crippen LogP contribution in [0.3, 0.4) is 0 Å². The quantitative estimate of drug-likeness (QED) is 0.369. The molecular formula is C2H6BNO2P. The van der Waals surface area contributed by atoms with Gasteiger partial charge in [0.05, 0.1) is 0 Å². The minimum absolute atomic E-state index is 0.0262. The molecule has 1 radical (unpaired) electrons. The second-order valence-corrected chi connectivity index (χ2v) is 1.75. The third-order valence-corrected chi connectivity index (χ3v) is 0.938. The van der Waals surface area contributed by atoms with E-state index in [4.69, 9.17) is 5.02 Å². The number of rotatable bonds is 2. The van der Waals surface area contributed by atoms with Gasteiger partial charge in [0.2, 0.25) is 5.91 Å². The number of hydrogen-bond acceptors (Lipinski definition) is 2. The zero-order valence-electron chi connectivity index (χ0n) is 3.93. The fraction of sp³-hybridized carbons (Fsp3) is 0.500. The van der Waals surface area contributed by atoms with E-state index in [0.29, 0.717) is 0 Å². The highest BCUT2D eigenvalue weighted by atomic mass is 31.1. The molecule has 0 aromatic carbocycles. The Kier molecular flexibility index (Phi) is 4.05. The highest BCUT2D eigenvalue weighted by Gasteiger charge is 1.86. The van der Waals surface area contributed by atoms with Gasteiger partial charge in [0.1, 0.15) is 0 Å². The molecule has 5 heteroatoms. The Morgan fingerprint density at radius 1 is 2.00 bits per heavy atom. The van der Waals surface area contributed by atoms with Crippen LogP contribution in [0.5, 0.6) is 0 Å². The summed E-state index contributed by atoms with van der Waals surface area (Å²) >= 11 is 0. The first-order valence-electron chi connectivity index (χ1n) is 1.75. The maximum Gasteiger partial charge on any atom is 0.341 e. The Morgan fingerprint density at radius 3 is 2.71 bits per heavy atom. The van der Waals surface area contributed by atoms with Crippen LogP contribution in [-0.2, 0) is 4.79 Å². The zero-order valence-corrected chi connectivity index (χ0v) is 4.93. The van der Waals surface area contributed by atoms with Crippen molar-refractivity contribution in [3.05, 3.63) is 0 Å². The van der Waals surface area contributed by atoms with Crippen molar-refractivity contribution in [2.24, 2.45) is 0 Å². The lowest BCUT2D eigenvalue weighted by Gasteiger charge is -1.91. The summed E-state index contributed by atoms with van der Waals surface area (Å²) < 4.78 is 0. The van der Waals surface area contributed by atoms with E-state index in [9.17, 15) is 4.79 Å². The Bertz CT molecular complexity index is 68.7. The number of carbonyl (C=O) groups is 1. The first-order valence-corrected chi connectivity index (χ1v) is 2.83. The highest BCUT2D eigenvalue weighted by Crippen LogP contribution is 1.93. The van der Waals surface area contributed by atoms with Crippen LogP contribution in [-0.4, -0.2) is 18.1 Å². The van der Waals surface area contributed by atoms with E-state index >= 15 is 0 Å². The Morgan fingerprint density at radius 2 is 2.57 bits per heavy atom. The van der Waals surface area contributed by atoms with Gasteiger partial charge in [-0.25, -0.2) is 0 Å². The molecule has 1 amide bonds. The summed E-state index contributed by atoms with van der Waals surface area (Å²) in [4.78, 5) is 9.97. The van der Waals surface area contributed by atoms with Crippen LogP contribution in [0, 0.1) is 0 Å². The van der Waals surface area contributed by atoms with Gasteiger partial charge < -0.3 is 10.1 Å². The van der Waals surface area contributed by atoms with Gasteiger partial charge >= 0.3 is 7.20 Å². The molecule has 0 rings (SSSR count). The fourth-order valence-corrected chi connectivity index (χ4v) is 0.402. The van der Waals surface area contributed by atoms with Gasteiger partial charge in [-0.05, 0) is 8.61 Å². The van der Waals surface area contributed by atoms with Crippen molar-refractivity contribution in [1.82, 2.24) is 5.09 Å². The minimum Gasteiger partial charge on any atom is -0.449 e. The Labute approximate surface area is 44.6 Å². The van der Waals surface area contributed by atoms with E-state index in [1.807, 2.05) is 0 Å². The van der Waals surface area contributed by atoms with E-state index in [2.05, 4.69) is 5.09 Å². The summed E-state index contributed by atoms with van der Waals surface area (Å²) in [5.41, 5.74) is 0.